The summed E-state index contributed by atoms with van der Waals surface area (Å²) < 4.78 is 0. The van der Waals surface area contributed by atoms with Crippen LogP contribution in [0.15, 0.2) is 0 Å². The fourth-order valence-corrected chi connectivity index (χ4v) is 0. The molecule has 0 unspecified atom stereocenters. The molecule has 5 heavy (non-hydrogen) atoms. The SMILES string of the molecule is [BH2][Ti]([SiH3])[Mo].[Zr]. The van der Waals surface area contributed by atoms with Crippen molar-refractivity contribution in [1.82, 2.24) is 0 Å². The molecule has 0 bridgehead atoms. The van der Waals surface area contributed by atoms with Crippen molar-refractivity contribution < 1.29 is 56.7 Å². The monoisotopic (exact) mass is 280 g/mol. The van der Waals surface area contributed by atoms with Gasteiger partial charge in [-0.3, -0.25) is 0 Å². The molecule has 0 atom stereocenters. The Morgan fingerprint density at radius 3 is 1.80 bits per heavy atom. The van der Waals surface area contributed by atoms with E-state index >= 15 is 0 Å². The number of hydrogen-bond donors (Lipinski definition) is 0. The van der Waals surface area contributed by atoms with E-state index < -0.39 is 0 Å². The molecule has 0 saturated heterocycles. The van der Waals surface area contributed by atoms with Crippen LogP contribution in [-0.4, -0.2) is 14.1 Å². The molecule has 0 aliphatic rings. The molecule has 0 heterocycles. The first-order valence-corrected chi connectivity index (χ1v) is 13.2. The van der Waals surface area contributed by atoms with Gasteiger partial charge in [-0.1, -0.05) is 0 Å². The van der Waals surface area contributed by atoms with E-state index in [1.165, 1.54) is 8.11 Å². The van der Waals surface area contributed by atoms with E-state index in [4.69, 9.17) is 0 Å². The van der Waals surface area contributed by atoms with Gasteiger partial charge in [-0.25, -0.2) is 0 Å². The predicted octanol–water partition coefficient (Wildman–Crippen LogP) is -2.11. The molecule has 0 nitrogen and oxygen atoms in total. The van der Waals surface area contributed by atoms with Gasteiger partial charge in [0.2, 0.25) is 0 Å². The van der Waals surface area contributed by atoms with Crippen LogP contribution in [0, 0.1) is 0 Å². The Kier molecular flexibility index (Phi) is 13.8. The zero-order valence-corrected chi connectivity index (χ0v) is 11.4. The number of hydrogen-bond acceptors (Lipinski definition) is 0. The van der Waals surface area contributed by atoms with Crippen LogP contribution in [0.5, 0.6) is 0 Å². The Morgan fingerprint density at radius 2 is 1.80 bits per heavy atom. The van der Waals surface area contributed by atoms with Crippen LogP contribution < -0.4 is 0 Å². The molecule has 0 aliphatic heterocycles. The van der Waals surface area contributed by atoms with E-state index in [9.17, 15) is 0 Å². The van der Waals surface area contributed by atoms with Crippen LogP contribution in [0.3, 0.4) is 0 Å². The first-order chi connectivity index (χ1) is 1.73. The van der Waals surface area contributed by atoms with Gasteiger partial charge in [0.15, 0.2) is 0 Å². The van der Waals surface area contributed by atoms with Crippen molar-refractivity contribution in [3.8, 4) is 0 Å². The fraction of sp³-hybridized carbons (Fsp3) is 0. The Labute approximate surface area is 69.6 Å². The van der Waals surface area contributed by atoms with Gasteiger partial charge in [-0.05, 0) is 0 Å². The third-order valence-electron chi connectivity index (χ3n) is 0. The summed E-state index contributed by atoms with van der Waals surface area (Å²) in [5, 5.41) is 0. The maximum absolute atomic E-state index is 2.40. The van der Waals surface area contributed by atoms with Gasteiger partial charge in [0.1, 0.15) is 0 Å². The number of rotatable bonds is 0. The van der Waals surface area contributed by atoms with E-state index in [2.05, 4.69) is 22.7 Å². The van der Waals surface area contributed by atoms with Gasteiger partial charge >= 0.3 is 44.7 Å². The third-order valence-corrected chi connectivity index (χ3v) is 0. The van der Waals surface area contributed by atoms with E-state index in [0.29, 0.717) is 0 Å². The van der Waals surface area contributed by atoms with Crippen LogP contribution in [0.1, 0.15) is 0 Å². The molecule has 0 aliphatic carbocycles. The molecule has 0 radical (unpaired) electrons. The van der Waals surface area contributed by atoms with Gasteiger partial charge in [-0.2, -0.15) is 0 Å². The van der Waals surface area contributed by atoms with E-state index in [1.807, 2.05) is 0 Å². The summed E-state index contributed by atoms with van der Waals surface area (Å²) in [5.41, 5.74) is 0. The Hall–Kier alpha value is 2.57. The van der Waals surface area contributed by atoms with E-state index in [-0.39, 0.29) is 40.1 Å². The van der Waals surface area contributed by atoms with Crippen molar-refractivity contribution >= 4 is 14.1 Å². The minimum absolute atomic E-state index is 0. The summed E-state index contributed by atoms with van der Waals surface area (Å²) >= 11 is 2.15. The third kappa shape index (κ3) is 20.8. The first kappa shape index (κ1) is 10.5. The second-order valence-corrected chi connectivity index (χ2v) is 26.1. The first-order valence-electron chi connectivity index (χ1n) is 1.20. The minimum atomic E-state index is -0.184. The van der Waals surface area contributed by atoms with Gasteiger partial charge in [0.05, 0.1) is 0 Å². The maximum Gasteiger partial charge on any atom is 0 e. The van der Waals surface area contributed by atoms with Crippen LogP contribution in [0.4, 0.5) is 0 Å². The van der Waals surface area contributed by atoms with Crippen LogP contribution in [0.2, 0.25) is 0 Å². The van der Waals surface area contributed by atoms with Crippen LogP contribution in [-0.2, 0) is 56.7 Å². The van der Waals surface area contributed by atoms with Crippen molar-refractivity contribution in [3.63, 3.8) is 0 Å². The van der Waals surface area contributed by atoms with E-state index in [1.54, 1.807) is 0 Å². The molecule has 0 aromatic heterocycles. The molecule has 0 N–H and O–H groups in total. The molecule has 0 spiro atoms. The van der Waals surface area contributed by atoms with Gasteiger partial charge in [0, 0.05) is 26.2 Å². The largest absolute Gasteiger partial charge is 0 e. The quantitative estimate of drug-likeness (QED) is 0.445. The molecule has 0 rings (SSSR count). The van der Waals surface area contributed by atoms with Crippen molar-refractivity contribution in [1.29, 1.82) is 0 Å². The summed E-state index contributed by atoms with van der Waals surface area (Å²) in [7, 11) is 1.52. The zero-order chi connectivity index (χ0) is 3.58. The topological polar surface area (TPSA) is 0 Å². The molecule has 0 saturated carbocycles. The zero-order valence-electron chi connectivity index (χ0n) is 3.41. The molecule has 26 valence electrons. The molecule has 5 heteroatoms. The van der Waals surface area contributed by atoms with Gasteiger partial charge in [0.25, 0.3) is 0 Å². The van der Waals surface area contributed by atoms with Crippen LogP contribution >= 0.6 is 0 Å². The predicted molar refractivity (Wildman–Crippen MR) is 18.5 cm³/mol. The minimum Gasteiger partial charge on any atom is 0 e. The summed E-state index contributed by atoms with van der Waals surface area (Å²) in [5.74, 6) is 0. The van der Waals surface area contributed by atoms with Crippen molar-refractivity contribution in [3.05, 3.63) is 0 Å². The Bertz CT molecular complexity index is 16.4. The normalized spacial score (nSPS) is 5.60. The summed E-state index contributed by atoms with van der Waals surface area (Å²) in [6.07, 6.45) is 0. The second-order valence-electron chi connectivity index (χ2n) is 0.908. The van der Waals surface area contributed by atoms with Crippen LogP contribution in [0.25, 0.3) is 0 Å². The molecule has 0 aromatic carbocycles. The molecule has 0 amide bonds. The summed E-state index contributed by atoms with van der Waals surface area (Å²) in [6.45, 7) is 0. The van der Waals surface area contributed by atoms with E-state index in [0.717, 1.165) is 0 Å². The average Bonchev–Trinajstić information content (AvgIpc) is 0.811. The van der Waals surface area contributed by atoms with Crippen molar-refractivity contribution in [2.45, 2.75) is 0 Å². The second kappa shape index (κ2) is 6.57. The standard InChI is InChI=1S/BH2.Mo.H3Si.Ti.Zr/h1H2;;1H3;;/q+1;;;-1;. The van der Waals surface area contributed by atoms with Gasteiger partial charge < -0.3 is 0 Å². The molecular weight excluding hydrogens is 274 g/mol. The molecule has 0 aromatic rings. The summed E-state index contributed by atoms with van der Waals surface area (Å²) in [4.78, 5) is 0. The summed E-state index contributed by atoms with van der Waals surface area (Å²) in [6, 6.07) is 2.40. The Morgan fingerprint density at radius 1 is 1.80 bits per heavy atom. The maximum atomic E-state index is 2.40. The van der Waals surface area contributed by atoms with Crippen molar-refractivity contribution in [2.24, 2.45) is 0 Å². The Balaban J connectivity index is 0. The molecular formula is H5BMoSiTiZr. The molecule has 0 fully saturated rings. The van der Waals surface area contributed by atoms with Crippen molar-refractivity contribution in [2.75, 3.05) is 0 Å². The fourth-order valence-electron chi connectivity index (χ4n) is 0. The van der Waals surface area contributed by atoms with Gasteiger partial charge in [-0.15, -0.1) is 0 Å². The smallest absolute Gasteiger partial charge is 0 e. The average molecular weight is 279 g/mol.